The van der Waals surface area contributed by atoms with E-state index in [-0.39, 0.29) is 17.3 Å². The van der Waals surface area contributed by atoms with Crippen LogP contribution in [0.2, 0.25) is 0 Å². The van der Waals surface area contributed by atoms with Gasteiger partial charge in [-0.25, -0.2) is 9.53 Å². The zero-order valence-electron chi connectivity index (χ0n) is 14.1. The lowest BCUT2D eigenvalue weighted by atomic mass is 9.60. The molecule has 0 unspecified atom stereocenters. The van der Waals surface area contributed by atoms with Crippen molar-refractivity contribution in [2.45, 2.75) is 25.8 Å². The summed E-state index contributed by atoms with van der Waals surface area (Å²) < 4.78 is 38.0. The van der Waals surface area contributed by atoms with E-state index >= 15 is 0 Å². The van der Waals surface area contributed by atoms with Gasteiger partial charge in [0.25, 0.3) is 10.2 Å². The van der Waals surface area contributed by atoms with Crippen LogP contribution in [-0.4, -0.2) is 49.1 Å². The fraction of sp³-hybridized carbons (Fsp3) is 0.500. The number of hydrogen-bond acceptors (Lipinski definition) is 5. The smallest absolute Gasteiger partial charge is 0.276 e. The second-order valence-electron chi connectivity index (χ2n) is 7.33. The Balaban J connectivity index is 1.51. The third kappa shape index (κ3) is 2.66. The predicted molar refractivity (Wildman–Crippen MR) is 92.8 cm³/mol. The molecule has 2 aliphatic rings. The number of anilines is 1. The van der Waals surface area contributed by atoms with Crippen molar-refractivity contribution in [3.8, 4) is 0 Å². The maximum Gasteiger partial charge on any atom is 0.276 e. The van der Waals surface area contributed by atoms with Gasteiger partial charge in [0.15, 0.2) is 0 Å². The molecule has 2 aromatic rings. The molecule has 1 aromatic heterocycles. The second-order valence-corrected chi connectivity index (χ2v) is 8.93. The lowest BCUT2D eigenvalue weighted by Gasteiger charge is -2.60. The molecular weight excluding hydrogens is 345 g/mol. The molecule has 0 radical (unpaired) electrons. The fourth-order valence-corrected chi connectivity index (χ4v) is 4.58. The number of hydrogen-bond donors (Lipinski definition) is 1. The first kappa shape index (κ1) is 16.6. The van der Waals surface area contributed by atoms with Crippen LogP contribution in [0.25, 0.3) is 10.9 Å². The largest absolute Gasteiger partial charge is 0.368 e. The average molecular weight is 365 g/mol. The summed E-state index contributed by atoms with van der Waals surface area (Å²) in [7, 11) is -2.12. The van der Waals surface area contributed by atoms with Crippen LogP contribution in [0, 0.1) is 18.2 Å². The number of nitrogens with two attached hydrogens (primary N) is 1. The van der Waals surface area contributed by atoms with Gasteiger partial charge in [-0.2, -0.15) is 22.9 Å². The molecule has 1 aliphatic carbocycles. The van der Waals surface area contributed by atoms with Gasteiger partial charge < -0.3 is 4.90 Å². The minimum Gasteiger partial charge on any atom is -0.368 e. The fourth-order valence-electron chi connectivity index (χ4n) is 4.02. The lowest BCUT2D eigenvalue weighted by Crippen LogP contribution is -2.67. The Bertz CT molecular complexity index is 950. The standard InChI is InChI=1S/C16H20FN5O2S/c1-10-3-14-12(4-13(10)17)15(7-19-20-14)22-8-16(9-22)5-11(6-16)21(2)25(18,23)24/h3-4,7,11H,5-6,8-9H2,1-2H3,(H2,18,23,24). The molecule has 4 rings (SSSR count). The number of benzene rings is 1. The minimum atomic E-state index is -3.64. The topological polar surface area (TPSA) is 92.4 Å². The van der Waals surface area contributed by atoms with E-state index in [1.165, 1.54) is 17.4 Å². The Morgan fingerprint density at radius 2 is 2.04 bits per heavy atom. The molecule has 1 saturated heterocycles. The summed E-state index contributed by atoms with van der Waals surface area (Å²) >= 11 is 0. The summed E-state index contributed by atoms with van der Waals surface area (Å²) in [5.41, 5.74) is 2.21. The molecule has 25 heavy (non-hydrogen) atoms. The highest BCUT2D eigenvalue weighted by Crippen LogP contribution is 2.52. The van der Waals surface area contributed by atoms with E-state index in [0.717, 1.165) is 37.0 Å². The molecule has 9 heteroatoms. The first-order chi connectivity index (χ1) is 11.7. The Morgan fingerprint density at radius 3 is 2.68 bits per heavy atom. The van der Waals surface area contributed by atoms with Crippen molar-refractivity contribution in [1.82, 2.24) is 14.5 Å². The SMILES string of the molecule is Cc1cc2nncc(N3CC4(CC(N(C)S(N)(=O)=O)C4)C3)c2cc1F. The third-order valence-corrected chi connectivity index (χ3v) is 6.65. The van der Waals surface area contributed by atoms with Crippen LogP contribution in [-0.2, 0) is 10.2 Å². The van der Waals surface area contributed by atoms with E-state index in [4.69, 9.17) is 5.14 Å². The van der Waals surface area contributed by atoms with Gasteiger partial charge in [-0.3, -0.25) is 0 Å². The van der Waals surface area contributed by atoms with Crippen LogP contribution in [0.4, 0.5) is 10.1 Å². The molecule has 2 heterocycles. The Hall–Kier alpha value is -1.84. The van der Waals surface area contributed by atoms with Crippen molar-refractivity contribution in [2.24, 2.45) is 10.6 Å². The van der Waals surface area contributed by atoms with Gasteiger partial charge in [0, 0.05) is 37.0 Å². The molecule has 1 saturated carbocycles. The van der Waals surface area contributed by atoms with Crippen LogP contribution in [0.1, 0.15) is 18.4 Å². The van der Waals surface area contributed by atoms with Gasteiger partial charge in [0.05, 0.1) is 17.4 Å². The number of nitrogens with zero attached hydrogens (tertiary/aromatic N) is 4. The molecule has 7 nitrogen and oxygen atoms in total. The van der Waals surface area contributed by atoms with Gasteiger partial charge in [-0.15, -0.1) is 0 Å². The number of aryl methyl sites for hydroxylation is 1. The van der Waals surface area contributed by atoms with Gasteiger partial charge in [-0.05, 0) is 37.5 Å². The minimum absolute atomic E-state index is 0.0375. The Morgan fingerprint density at radius 1 is 1.36 bits per heavy atom. The zero-order valence-corrected chi connectivity index (χ0v) is 14.9. The van der Waals surface area contributed by atoms with Crippen LogP contribution in [0.5, 0.6) is 0 Å². The van der Waals surface area contributed by atoms with E-state index in [2.05, 4.69) is 15.1 Å². The van der Waals surface area contributed by atoms with Gasteiger partial charge in [0.1, 0.15) is 5.82 Å². The first-order valence-electron chi connectivity index (χ1n) is 8.11. The van der Waals surface area contributed by atoms with E-state index in [9.17, 15) is 12.8 Å². The highest BCUT2D eigenvalue weighted by Gasteiger charge is 2.54. The molecule has 2 fully saturated rings. The maximum absolute atomic E-state index is 14.0. The molecule has 0 bridgehead atoms. The van der Waals surface area contributed by atoms with Crippen molar-refractivity contribution in [1.29, 1.82) is 0 Å². The molecule has 1 aromatic carbocycles. The highest BCUT2D eigenvalue weighted by atomic mass is 32.2. The van der Waals surface area contributed by atoms with Crippen LogP contribution in [0.3, 0.4) is 0 Å². The average Bonchev–Trinajstić information content (AvgIpc) is 2.44. The summed E-state index contributed by atoms with van der Waals surface area (Å²) in [6.07, 6.45) is 3.25. The molecule has 0 amide bonds. The summed E-state index contributed by atoms with van der Waals surface area (Å²) in [5.74, 6) is -0.254. The van der Waals surface area contributed by atoms with Crippen LogP contribution < -0.4 is 10.0 Å². The van der Waals surface area contributed by atoms with Crippen LogP contribution >= 0.6 is 0 Å². The van der Waals surface area contributed by atoms with Crippen LogP contribution in [0.15, 0.2) is 18.3 Å². The van der Waals surface area contributed by atoms with Gasteiger partial charge in [-0.1, -0.05) is 0 Å². The summed E-state index contributed by atoms with van der Waals surface area (Å²) in [6.45, 7) is 3.31. The number of rotatable bonds is 3. The molecular formula is C16H20FN5O2S. The molecule has 134 valence electrons. The van der Waals surface area contributed by atoms with E-state index < -0.39 is 10.2 Å². The van der Waals surface area contributed by atoms with Crippen molar-refractivity contribution in [3.63, 3.8) is 0 Å². The van der Waals surface area contributed by atoms with Crippen molar-refractivity contribution in [2.75, 3.05) is 25.0 Å². The van der Waals surface area contributed by atoms with Crippen molar-refractivity contribution in [3.05, 3.63) is 29.7 Å². The van der Waals surface area contributed by atoms with Gasteiger partial charge in [0.2, 0.25) is 0 Å². The number of fused-ring (bicyclic) bond motifs is 1. The quantitative estimate of drug-likeness (QED) is 0.882. The molecule has 1 spiro atoms. The summed E-state index contributed by atoms with van der Waals surface area (Å²) in [6, 6.07) is 3.18. The monoisotopic (exact) mass is 365 g/mol. The van der Waals surface area contributed by atoms with Crippen molar-refractivity contribution >= 4 is 26.8 Å². The Kier molecular flexibility index (Phi) is 3.54. The molecule has 1 aliphatic heterocycles. The highest BCUT2D eigenvalue weighted by molar-refractivity contribution is 7.86. The summed E-state index contributed by atoms with van der Waals surface area (Å²) in [4.78, 5) is 2.15. The van der Waals surface area contributed by atoms with Gasteiger partial charge >= 0.3 is 0 Å². The van der Waals surface area contributed by atoms with E-state index in [0.29, 0.717) is 11.1 Å². The maximum atomic E-state index is 14.0. The normalized spacial score (nSPS) is 20.1. The van der Waals surface area contributed by atoms with Crippen molar-refractivity contribution < 1.29 is 12.8 Å². The Labute approximate surface area is 145 Å². The zero-order chi connectivity index (χ0) is 18.0. The summed E-state index contributed by atoms with van der Waals surface area (Å²) in [5, 5.41) is 14.1. The van der Waals surface area contributed by atoms with E-state index in [1.54, 1.807) is 19.2 Å². The first-order valence-corrected chi connectivity index (χ1v) is 9.61. The number of aromatic nitrogens is 2. The second kappa shape index (κ2) is 5.33. The van der Waals surface area contributed by atoms with E-state index in [1.807, 2.05) is 0 Å². The number of halogens is 1. The third-order valence-electron chi connectivity index (χ3n) is 5.54. The molecule has 0 atom stereocenters. The lowest BCUT2D eigenvalue weighted by molar-refractivity contribution is 0.0212. The molecule has 2 N–H and O–H groups in total. The predicted octanol–water partition coefficient (Wildman–Crippen LogP) is 1.18.